The van der Waals surface area contributed by atoms with Gasteiger partial charge in [0.25, 0.3) is 0 Å². The first-order valence-corrected chi connectivity index (χ1v) is 8.91. The van der Waals surface area contributed by atoms with Crippen molar-refractivity contribution in [3.8, 4) is 0 Å². The highest BCUT2D eigenvalue weighted by atomic mass is 32.2. The lowest BCUT2D eigenvalue weighted by atomic mass is 10.2. The molecule has 7 heteroatoms. The Kier molecular flexibility index (Phi) is 4.49. The van der Waals surface area contributed by atoms with Crippen LogP contribution >= 0.6 is 0 Å². The molecule has 0 spiro atoms. The lowest BCUT2D eigenvalue weighted by Crippen LogP contribution is -2.27. The molecule has 1 N–H and O–H groups in total. The van der Waals surface area contributed by atoms with Crippen molar-refractivity contribution in [2.24, 2.45) is 0 Å². The zero-order valence-corrected chi connectivity index (χ0v) is 13.4. The first-order chi connectivity index (χ1) is 11.1. The van der Waals surface area contributed by atoms with Crippen LogP contribution in [0, 0.1) is 0 Å². The van der Waals surface area contributed by atoms with E-state index in [1.165, 1.54) is 16.6 Å². The van der Waals surface area contributed by atoms with Gasteiger partial charge in [-0.2, -0.15) is 4.31 Å². The number of sulfonamides is 1. The van der Waals surface area contributed by atoms with Crippen molar-refractivity contribution in [1.82, 2.24) is 9.29 Å². The molecular weight excluding hydrogens is 316 g/mol. The number of nitrogens with one attached hydrogen (secondary N) is 1. The highest BCUT2D eigenvalue weighted by Crippen LogP contribution is 2.21. The molecule has 0 amide bonds. The number of aromatic amines is 1. The fourth-order valence-electron chi connectivity index (χ4n) is 2.52. The van der Waals surface area contributed by atoms with Crippen LogP contribution in [0.2, 0.25) is 0 Å². The summed E-state index contributed by atoms with van der Waals surface area (Å²) in [5.41, 5.74) is 1.01. The number of ether oxygens (including phenoxy) is 1. The number of H-pyrrole nitrogens is 1. The normalized spacial score (nSPS) is 15.7. The minimum absolute atomic E-state index is 0.103. The summed E-state index contributed by atoms with van der Waals surface area (Å²) in [7, 11) is -3.52. The average molecular weight is 334 g/mol. The second-order valence-corrected chi connectivity index (χ2v) is 7.36. The lowest BCUT2D eigenvalue weighted by Gasteiger charge is -2.13. The highest BCUT2D eigenvalue weighted by Gasteiger charge is 2.28. The standard InChI is InChI=1S/C16H18N2O4S/c19-16(22-12-13-6-2-1-3-7-13)15-10-14(11-17-15)23(20,21)18-8-4-5-9-18/h1-3,6-7,10-11,17H,4-5,8-9,12H2. The van der Waals surface area contributed by atoms with Gasteiger partial charge in [-0.3, -0.25) is 0 Å². The van der Waals surface area contributed by atoms with E-state index in [0.29, 0.717) is 13.1 Å². The molecule has 0 bridgehead atoms. The number of aromatic nitrogens is 1. The quantitative estimate of drug-likeness (QED) is 0.850. The first kappa shape index (κ1) is 15.8. The Morgan fingerprint density at radius 1 is 1.17 bits per heavy atom. The number of hydrogen-bond donors (Lipinski definition) is 1. The third-order valence-electron chi connectivity index (χ3n) is 3.79. The molecule has 2 heterocycles. The van der Waals surface area contributed by atoms with Crippen LogP contribution in [0.15, 0.2) is 47.5 Å². The maximum atomic E-state index is 12.4. The number of rotatable bonds is 5. The molecule has 1 saturated heterocycles. The molecule has 2 aromatic rings. The van der Waals surface area contributed by atoms with Gasteiger partial charge in [0.1, 0.15) is 17.2 Å². The maximum absolute atomic E-state index is 12.4. The summed E-state index contributed by atoms with van der Waals surface area (Å²) < 4.78 is 31.4. The summed E-state index contributed by atoms with van der Waals surface area (Å²) in [6, 6.07) is 10.6. The van der Waals surface area contributed by atoms with Crippen molar-refractivity contribution in [2.75, 3.05) is 13.1 Å². The second-order valence-electron chi connectivity index (χ2n) is 5.42. The maximum Gasteiger partial charge on any atom is 0.355 e. The molecule has 0 aliphatic carbocycles. The van der Waals surface area contributed by atoms with E-state index in [0.717, 1.165) is 18.4 Å². The Morgan fingerprint density at radius 3 is 2.57 bits per heavy atom. The van der Waals surface area contributed by atoms with Crippen LogP contribution in [0.5, 0.6) is 0 Å². The highest BCUT2D eigenvalue weighted by molar-refractivity contribution is 7.89. The van der Waals surface area contributed by atoms with Gasteiger partial charge in [-0.05, 0) is 24.5 Å². The number of esters is 1. The van der Waals surface area contributed by atoms with Crippen LogP contribution in [0.4, 0.5) is 0 Å². The van der Waals surface area contributed by atoms with Gasteiger partial charge in [-0.1, -0.05) is 30.3 Å². The molecule has 0 radical (unpaired) electrons. The molecule has 1 aromatic carbocycles. The van der Waals surface area contributed by atoms with Crippen LogP contribution in [-0.4, -0.2) is 36.8 Å². The van der Waals surface area contributed by atoms with Crippen molar-refractivity contribution < 1.29 is 17.9 Å². The van der Waals surface area contributed by atoms with Gasteiger partial charge in [0.05, 0.1) is 0 Å². The van der Waals surface area contributed by atoms with Gasteiger partial charge in [0.2, 0.25) is 10.0 Å². The molecule has 6 nitrogen and oxygen atoms in total. The third kappa shape index (κ3) is 3.46. The monoisotopic (exact) mass is 334 g/mol. The SMILES string of the molecule is O=C(OCc1ccccc1)c1cc(S(=O)(=O)N2CCCC2)c[nH]1. The van der Waals surface area contributed by atoms with Crippen molar-refractivity contribution in [1.29, 1.82) is 0 Å². The number of carbonyl (C=O) groups excluding carboxylic acids is 1. The smallest absolute Gasteiger partial charge is 0.355 e. The zero-order valence-electron chi connectivity index (χ0n) is 12.6. The van der Waals surface area contributed by atoms with Gasteiger partial charge < -0.3 is 9.72 Å². The Bertz CT molecular complexity index is 777. The van der Waals surface area contributed by atoms with Gasteiger partial charge in [-0.15, -0.1) is 0 Å². The van der Waals surface area contributed by atoms with E-state index < -0.39 is 16.0 Å². The number of hydrogen-bond acceptors (Lipinski definition) is 4. The molecule has 0 saturated carbocycles. The van der Waals surface area contributed by atoms with Gasteiger partial charge in [0, 0.05) is 19.3 Å². The van der Waals surface area contributed by atoms with E-state index in [1.54, 1.807) is 0 Å². The van der Waals surface area contributed by atoms with Crippen molar-refractivity contribution in [2.45, 2.75) is 24.3 Å². The van der Waals surface area contributed by atoms with Gasteiger partial charge in [0.15, 0.2) is 0 Å². The van der Waals surface area contributed by atoms with Crippen molar-refractivity contribution in [3.63, 3.8) is 0 Å². The van der Waals surface area contributed by atoms with E-state index in [-0.39, 0.29) is 17.2 Å². The molecule has 1 aromatic heterocycles. The Morgan fingerprint density at radius 2 is 1.87 bits per heavy atom. The fourth-order valence-corrected chi connectivity index (χ4v) is 4.03. The van der Waals surface area contributed by atoms with Crippen molar-refractivity contribution >= 4 is 16.0 Å². The van der Waals surface area contributed by atoms with Gasteiger partial charge >= 0.3 is 5.97 Å². The van der Waals surface area contributed by atoms with E-state index in [1.807, 2.05) is 30.3 Å². The molecular formula is C16H18N2O4S. The molecule has 3 rings (SSSR count). The fraction of sp³-hybridized carbons (Fsp3) is 0.312. The predicted octanol–water partition coefficient (Wildman–Crippen LogP) is 2.16. The van der Waals surface area contributed by atoms with Crippen LogP contribution in [-0.2, 0) is 21.4 Å². The Labute approximate surface area is 135 Å². The van der Waals surface area contributed by atoms with Crippen LogP contribution in [0.25, 0.3) is 0 Å². The second kappa shape index (κ2) is 6.55. The predicted molar refractivity (Wildman–Crippen MR) is 84.3 cm³/mol. The Hall–Kier alpha value is -2.12. The summed E-state index contributed by atoms with van der Waals surface area (Å²) in [4.78, 5) is 14.8. The van der Waals surface area contributed by atoms with Crippen LogP contribution < -0.4 is 0 Å². The molecule has 0 unspecified atom stereocenters. The van der Waals surface area contributed by atoms with Crippen molar-refractivity contribution in [3.05, 3.63) is 53.9 Å². The largest absolute Gasteiger partial charge is 0.456 e. The van der Waals surface area contributed by atoms with E-state index >= 15 is 0 Å². The van der Waals surface area contributed by atoms with E-state index in [2.05, 4.69) is 4.98 Å². The minimum atomic E-state index is -3.52. The topological polar surface area (TPSA) is 79.5 Å². The lowest BCUT2D eigenvalue weighted by molar-refractivity contribution is 0.0466. The summed E-state index contributed by atoms with van der Waals surface area (Å²) in [6.45, 7) is 1.20. The summed E-state index contributed by atoms with van der Waals surface area (Å²) in [6.07, 6.45) is 3.08. The zero-order chi connectivity index (χ0) is 16.3. The number of nitrogens with zero attached hydrogens (tertiary/aromatic N) is 1. The summed E-state index contributed by atoms with van der Waals surface area (Å²) >= 11 is 0. The Balaban J connectivity index is 1.67. The number of carbonyl (C=O) groups is 1. The molecule has 1 fully saturated rings. The average Bonchev–Trinajstić information content (AvgIpc) is 3.25. The van der Waals surface area contributed by atoms with Crippen LogP contribution in [0.1, 0.15) is 28.9 Å². The minimum Gasteiger partial charge on any atom is -0.456 e. The molecule has 1 aliphatic heterocycles. The summed E-state index contributed by atoms with van der Waals surface area (Å²) in [5, 5.41) is 0. The van der Waals surface area contributed by atoms with Crippen LogP contribution in [0.3, 0.4) is 0 Å². The van der Waals surface area contributed by atoms with Gasteiger partial charge in [-0.25, -0.2) is 13.2 Å². The third-order valence-corrected chi connectivity index (χ3v) is 5.67. The summed E-state index contributed by atoms with van der Waals surface area (Å²) in [5.74, 6) is -0.572. The number of benzene rings is 1. The molecule has 1 aliphatic rings. The van der Waals surface area contributed by atoms with E-state index in [4.69, 9.17) is 4.74 Å². The first-order valence-electron chi connectivity index (χ1n) is 7.47. The molecule has 23 heavy (non-hydrogen) atoms. The molecule has 0 atom stereocenters. The molecule has 122 valence electrons. The van der Waals surface area contributed by atoms with E-state index in [9.17, 15) is 13.2 Å².